The molecule has 2 nitrogen and oxygen atoms in total. The molecule has 0 radical (unpaired) electrons. The summed E-state index contributed by atoms with van der Waals surface area (Å²) >= 11 is 6.31. The second-order valence-corrected chi connectivity index (χ2v) is 6.12. The highest BCUT2D eigenvalue weighted by Crippen LogP contribution is 2.48. The first-order valence-corrected chi connectivity index (χ1v) is 7.64. The lowest BCUT2D eigenvalue weighted by Gasteiger charge is -2.36. The van der Waals surface area contributed by atoms with E-state index in [1.165, 1.54) is 6.07 Å². The summed E-state index contributed by atoms with van der Waals surface area (Å²) in [5, 5.41) is 3.95. The third kappa shape index (κ3) is 3.00. The largest absolute Gasteiger partial charge is 0.383 e. The molecule has 0 bridgehead atoms. The molecule has 1 aliphatic carbocycles. The van der Waals surface area contributed by atoms with Crippen molar-refractivity contribution in [1.82, 2.24) is 5.32 Å². The van der Waals surface area contributed by atoms with Crippen molar-refractivity contribution < 1.29 is 9.13 Å². The molecule has 0 aliphatic heterocycles. The molecular formula is C16H23ClFNO. The molecular weight excluding hydrogens is 277 g/mol. The number of halogens is 2. The summed E-state index contributed by atoms with van der Waals surface area (Å²) < 4.78 is 19.4. The predicted octanol–water partition coefficient (Wildman–Crippen LogP) is 3.77. The Kier molecular flexibility index (Phi) is 5.42. The Morgan fingerprint density at radius 3 is 2.90 bits per heavy atom. The van der Waals surface area contributed by atoms with Gasteiger partial charge in [-0.05, 0) is 30.9 Å². The second-order valence-electron chi connectivity index (χ2n) is 5.72. The summed E-state index contributed by atoms with van der Waals surface area (Å²) in [6.07, 6.45) is 3.23. The minimum atomic E-state index is -0.198. The first kappa shape index (κ1) is 15.7. The van der Waals surface area contributed by atoms with Crippen molar-refractivity contribution in [1.29, 1.82) is 0 Å². The Morgan fingerprint density at radius 1 is 1.50 bits per heavy atom. The number of hydrogen-bond acceptors (Lipinski definition) is 2. The van der Waals surface area contributed by atoms with Gasteiger partial charge in [0.2, 0.25) is 0 Å². The molecule has 4 heteroatoms. The molecule has 0 aromatic heterocycles. The minimum absolute atomic E-state index is 0.181. The van der Waals surface area contributed by atoms with Crippen molar-refractivity contribution in [2.24, 2.45) is 5.92 Å². The van der Waals surface area contributed by atoms with Gasteiger partial charge in [-0.25, -0.2) is 4.39 Å². The van der Waals surface area contributed by atoms with Crippen molar-refractivity contribution in [2.45, 2.75) is 31.6 Å². The van der Waals surface area contributed by atoms with E-state index in [0.29, 0.717) is 23.1 Å². The highest BCUT2D eigenvalue weighted by molar-refractivity contribution is 6.31. The minimum Gasteiger partial charge on any atom is -0.383 e. The number of methoxy groups -OCH3 is 1. The highest BCUT2D eigenvalue weighted by Gasteiger charge is 2.44. The van der Waals surface area contributed by atoms with Crippen LogP contribution in [-0.2, 0) is 10.2 Å². The second kappa shape index (κ2) is 6.88. The molecule has 1 N–H and O–H groups in total. The molecule has 1 fully saturated rings. The van der Waals surface area contributed by atoms with Gasteiger partial charge in [0.25, 0.3) is 0 Å². The first-order chi connectivity index (χ1) is 9.62. The van der Waals surface area contributed by atoms with Crippen LogP contribution in [0.5, 0.6) is 0 Å². The van der Waals surface area contributed by atoms with E-state index >= 15 is 0 Å². The Bertz CT molecular complexity index is 434. The third-order valence-corrected chi connectivity index (χ3v) is 4.90. The average molecular weight is 300 g/mol. The molecule has 1 aromatic carbocycles. The van der Waals surface area contributed by atoms with Crippen molar-refractivity contribution in [3.05, 3.63) is 34.6 Å². The SMILES string of the molecule is COCCNCC1(c2c(F)cccc2Cl)CCCC1C. The van der Waals surface area contributed by atoms with Gasteiger partial charge in [0.15, 0.2) is 0 Å². The van der Waals surface area contributed by atoms with Crippen molar-refractivity contribution >= 4 is 11.6 Å². The maximum absolute atomic E-state index is 14.4. The van der Waals surface area contributed by atoms with Gasteiger partial charge in [0, 0.05) is 36.2 Å². The van der Waals surface area contributed by atoms with Crippen LogP contribution in [0.3, 0.4) is 0 Å². The van der Waals surface area contributed by atoms with Crippen LogP contribution >= 0.6 is 11.6 Å². The van der Waals surface area contributed by atoms with Crippen LogP contribution in [0, 0.1) is 11.7 Å². The molecule has 2 atom stereocenters. The molecule has 0 spiro atoms. The maximum Gasteiger partial charge on any atom is 0.128 e. The van der Waals surface area contributed by atoms with Crippen LogP contribution in [0.1, 0.15) is 31.7 Å². The molecule has 0 saturated heterocycles. The Morgan fingerprint density at radius 2 is 2.30 bits per heavy atom. The van der Waals surface area contributed by atoms with Gasteiger partial charge in [0.05, 0.1) is 6.61 Å². The van der Waals surface area contributed by atoms with Gasteiger partial charge in [-0.1, -0.05) is 31.0 Å². The van der Waals surface area contributed by atoms with Gasteiger partial charge < -0.3 is 10.1 Å². The lowest BCUT2D eigenvalue weighted by atomic mass is 9.72. The molecule has 2 rings (SSSR count). The van der Waals surface area contributed by atoms with E-state index < -0.39 is 0 Å². The molecule has 1 aromatic rings. The molecule has 0 amide bonds. The van der Waals surface area contributed by atoms with Gasteiger partial charge in [0.1, 0.15) is 5.82 Å². The first-order valence-electron chi connectivity index (χ1n) is 7.26. The quantitative estimate of drug-likeness (QED) is 0.807. The summed E-state index contributed by atoms with van der Waals surface area (Å²) in [7, 11) is 1.68. The molecule has 0 heterocycles. The van der Waals surface area contributed by atoms with E-state index in [4.69, 9.17) is 16.3 Å². The van der Waals surface area contributed by atoms with E-state index in [-0.39, 0.29) is 11.2 Å². The fraction of sp³-hybridized carbons (Fsp3) is 0.625. The standard InChI is InChI=1S/C16H23ClFNO/c1-12-5-4-8-16(12,11-19-9-10-20-2)15-13(17)6-3-7-14(15)18/h3,6-7,12,19H,4-5,8-11H2,1-2H3. The lowest BCUT2D eigenvalue weighted by molar-refractivity contribution is 0.193. The summed E-state index contributed by atoms with van der Waals surface area (Å²) in [5.41, 5.74) is 0.493. The summed E-state index contributed by atoms with van der Waals surface area (Å²) in [6, 6.07) is 4.98. The number of hydrogen-bond donors (Lipinski definition) is 1. The van der Waals surface area contributed by atoms with E-state index in [0.717, 1.165) is 32.4 Å². The Balaban J connectivity index is 2.28. The van der Waals surface area contributed by atoms with E-state index in [2.05, 4.69) is 12.2 Å². The van der Waals surface area contributed by atoms with Gasteiger partial charge >= 0.3 is 0 Å². The van der Waals surface area contributed by atoms with Crippen LogP contribution in [0.4, 0.5) is 4.39 Å². The number of rotatable bonds is 6. The average Bonchev–Trinajstić information content (AvgIpc) is 2.77. The molecule has 1 aliphatic rings. The topological polar surface area (TPSA) is 21.3 Å². The Labute approximate surface area is 125 Å². The van der Waals surface area contributed by atoms with Crippen LogP contribution in [0.15, 0.2) is 18.2 Å². The van der Waals surface area contributed by atoms with Crippen molar-refractivity contribution in [3.63, 3.8) is 0 Å². The fourth-order valence-electron chi connectivity index (χ4n) is 3.43. The van der Waals surface area contributed by atoms with Crippen molar-refractivity contribution in [3.8, 4) is 0 Å². The lowest BCUT2D eigenvalue weighted by Crippen LogP contribution is -2.42. The van der Waals surface area contributed by atoms with Crippen LogP contribution in [-0.4, -0.2) is 26.8 Å². The molecule has 20 heavy (non-hydrogen) atoms. The smallest absolute Gasteiger partial charge is 0.128 e. The van der Waals surface area contributed by atoms with E-state index in [9.17, 15) is 4.39 Å². The summed E-state index contributed by atoms with van der Waals surface area (Å²) in [5.74, 6) is 0.242. The molecule has 1 saturated carbocycles. The summed E-state index contributed by atoms with van der Waals surface area (Å²) in [6.45, 7) is 4.39. The van der Waals surface area contributed by atoms with Crippen LogP contribution in [0.2, 0.25) is 5.02 Å². The molecule has 2 unspecified atom stereocenters. The number of ether oxygens (including phenoxy) is 1. The zero-order valence-electron chi connectivity index (χ0n) is 12.2. The van der Waals surface area contributed by atoms with E-state index in [1.807, 2.05) is 0 Å². The zero-order chi connectivity index (χ0) is 14.6. The highest BCUT2D eigenvalue weighted by atomic mass is 35.5. The summed E-state index contributed by atoms with van der Waals surface area (Å²) in [4.78, 5) is 0. The monoisotopic (exact) mass is 299 g/mol. The normalized spacial score (nSPS) is 26.1. The fourth-order valence-corrected chi connectivity index (χ4v) is 3.78. The molecule has 112 valence electrons. The van der Waals surface area contributed by atoms with Crippen LogP contribution in [0.25, 0.3) is 0 Å². The van der Waals surface area contributed by atoms with E-state index in [1.54, 1.807) is 19.2 Å². The number of benzene rings is 1. The third-order valence-electron chi connectivity index (χ3n) is 4.59. The predicted molar refractivity (Wildman–Crippen MR) is 80.8 cm³/mol. The van der Waals surface area contributed by atoms with Crippen LogP contribution < -0.4 is 5.32 Å². The van der Waals surface area contributed by atoms with Crippen molar-refractivity contribution in [2.75, 3.05) is 26.8 Å². The Hall–Kier alpha value is -0.640. The number of nitrogens with one attached hydrogen (secondary N) is 1. The maximum atomic E-state index is 14.4. The van der Waals surface area contributed by atoms with Gasteiger partial charge in [-0.3, -0.25) is 0 Å². The zero-order valence-corrected chi connectivity index (χ0v) is 13.0. The van der Waals surface area contributed by atoms with Gasteiger partial charge in [-0.2, -0.15) is 0 Å². The van der Waals surface area contributed by atoms with Gasteiger partial charge in [-0.15, -0.1) is 0 Å².